The van der Waals surface area contributed by atoms with Crippen LogP contribution in [0.1, 0.15) is 0 Å². The van der Waals surface area contributed by atoms with Gasteiger partial charge in [0.2, 0.25) is 5.88 Å². The zero-order chi connectivity index (χ0) is 9.19. The van der Waals surface area contributed by atoms with Gasteiger partial charge in [0, 0.05) is 6.07 Å². The summed E-state index contributed by atoms with van der Waals surface area (Å²) in [7, 11) is 0. The molecule has 66 valence electrons. The normalized spacial score (nSPS) is 11.3. The van der Waals surface area contributed by atoms with E-state index in [2.05, 4.69) is 25.7 Å². The average molecular weight is 242 g/mol. The predicted octanol–water partition coefficient (Wildman–Crippen LogP) is 2.74. The molecule has 1 rings (SSSR count). The Bertz CT molecular complexity index is 276. The summed E-state index contributed by atoms with van der Waals surface area (Å²) in [5, 5.41) is 0. The van der Waals surface area contributed by atoms with E-state index in [9.17, 15) is 13.2 Å². The highest BCUT2D eigenvalue weighted by atomic mass is 79.9. The average Bonchev–Trinajstić information content (AvgIpc) is 1.82. The summed E-state index contributed by atoms with van der Waals surface area (Å²) in [4.78, 5) is 3.43. The zero-order valence-electron chi connectivity index (χ0n) is 5.60. The Hall–Kier alpha value is -0.780. The van der Waals surface area contributed by atoms with Crippen molar-refractivity contribution in [2.45, 2.75) is 6.36 Å². The van der Waals surface area contributed by atoms with Crippen molar-refractivity contribution >= 4 is 15.9 Å². The summed E-state index contributed by atoms with van der Waals surface area (Å²) < 4.78 is 38.6. The van der Waals surface area contributed by atoms with E-state index in [1.54, 1.807) is 0 Å². The van der Waals surface area contributed by atoms with E-state index in [1.165, 1.54) is 12.1 Å². The van der Waals surface area contributed by atoms with Gasteiger partial charge >= 0.3 is 6.36 Å². The molecule has 0 radical (unpaired) electrons. The highest BCUT2D eigenvalue weighted by Crippen LogP contribution is 2.21. The lowest BCUT2D eigenvalue weighted by Gasteiger charge is -2.06. The number of ether oxygens (including phenoxy) is 1. The van der Waals surface area contributed by atoms with E-state index >= 15 is 0 Å². The van der Waals surface area contributed by atoms with Crippen LogP contribution in [0.2, 0.25) is 0 Å². The monoisotopic (exact) mass is 241 g/mol. The molecule has 0 saturated carbocycles. The third kappa shape index (κ3) is 3.08. The maximum Gasteiger partial charge on any atom is 0.574 e. The van der Waals surface area contributed by atoms with E-state index in [0.29, 0.717) is 4.60 Å². The van der Waals surface area contributed by atoms with Crippen molar-refractivity contribution in [3.63, 3.8) is 0 Å². The first kappa shape index (κ1) is 9.31. The molecule has 12 heavy (non-hydrogen) atoms. The Morgan fingerprint density at radius 1 is 1.33 bits per heavy atom. The smallest absolute Gasteiger partial charge is 0.388 e. The molecule has 1 aromatic heterocycles. The zero-order valence-corrected chi connectivity index (χ0v) is 7.19. The van der Waals surface area contributed by atoms with Crippen LogP contribution in [0.5, 0.6) is 5.88 Å². The maximum absolute atomic E-state index is 11.6. The summed E-state index contributed by atoms with van der Waals surface area (Å²) in [6, 6.07) is 4.03. The molecule has 0 atom stereocenters. The van der Waals surface area contributed by atoms with Crippen LogP contribution in [0, 0.1) is 0 Å². The van der Waals surface area contributed by atoms with Gasteiger partial charge in [0.15, 0.2) is 0 Å². The Morgan fingerprint density at radius 3 is 2.50 bits per heavy atom. The Balaban J connectivity index is 2.77. The fourth-order valence-electron chi connectivity index (χ4n) is 0.565. The van der Waals surface area contributed by atoms with Gasteiger partial charge in [0.25, 0.3) is 0 Å². The van der Waals surface area contributed by atoms with Crippen LogP contribution in [-0.4, -0.2) is 11.3 Å². The van der Waals surface area contributed by atoms with Crippen LogP contribution in [0.25, 0.3) is 0 Å². The molecule has 0 aromatic carbocycles. The SMILES string of the molecule is FC(F)(F)Oc1cccc(Br)n1. The number of alkyl halides is 3. The number of aromatic nitrogens is 1. The molecular weight excluding hydrogens is 239 g/mol. The maximum atomic E-state index is 11.6. The molecule has 0 unspecified atom stereocenters. The van der Waals surface area contributed by atoms with Crippen molar-refractivity contribution in [1.29, 1.82) is 0 Å². The number of nitrogens with zero attached hydrogens (tertiary/aromatic N) is 1. The molecule has 0 amide bonds. The van der Waals surface area contributed by atoms with E-state index in [4.69, 9.17) is 0 Å². The minimum atomic E-state index is -4.69. The summed E-state index contributed by atoms with van der Waals surface area (Å²) >= 11 is 2.91. The fourth-order valence-corrected chi connectivity index (χ4v) is 0.892. The fraction of sp³-hybridized carbons (Fsp3) is 0.167. The second-order valence-electron chi connectivity index (χ2n) is 1.85. The van der Waals surface area contributed by atoms with Gasteiger partial charge in [-0.3, -0.25) is 0 Å². The summed E-state index contributed by atoms with van der Waals surface area (Å²) in [5.41, 5.74) is 0. The third-order valence-electron chi connectivity index (χ3n) is 0.910. The first-order valence-electron chi connectivity index (χ1n) is 2.86. The molecule has 0 aliphatic rings. The number of hydrogen-bond acceptors (Lipinski definition) is 2. The van der Waals surface area contributed by atoms with Crippen molar-refractivity contribution in [3.8, 4) is 5.88 Å². The van der Waals surface area contributed by atoms with Crippen molar-refractivity contribution in [2.24, 2.45) is 0 Å². The van der Waals surface area contributed by atoms with Gasteiger partial charge in [-0.2, -0.15) is 0 Å². The predicted molar refractivity (Wildman–Crippen MR) is 38.6 cm³/mol. The van der Waals surface area contributed by atoms with Gasteiger partial charge in [-0.25, -0.2) is 4.98 Å². The molecule has 6 heteroatoms. The molecule has 0 fully saturated rings. The molecule has 2 nitrogen and oxygen atoms in total. The van der Waals surface area contributed by atoms with Crippen LogP contribution < -0.4 is 4.74 Å². The topological polar surface area (TPSA) is 22.1 Å². The van der Waals surface area contributed by atoms with Gasteiger partial charge in [0.05, 0.1) is 0 Å². The molecule has 0 N–H and O–H groups in total. The highest BCUT2D eigenvalue weighted by molar-refractivity contribution is 9.10. The first-order chi connectivity index (χ1) is 5.47. The molecule has 0 aliphatic heterocycles. The molecular formula is C6H3BrF3NO. The van der Waals surface area contributed by atoms with Crippen molar-refractivity contribution < 1.29 is 17.9 Å². The van der Waals surface area contributed by atoms with E-state index in [1.807, 2.05) is 0 Å². The van der Waals surface area contributed by atoms with Crippen LogP contribution in [0.3, 0.4) is 0 Å². The number of pyridine rings is 1. The van der Waals surface area contributed by atoms with Crippen LogP contribution in [0.15, 0.2) is 22.8 Å². The quantitative estimate of drug-likeness (QED) is 0.706. The summed E-state index contributed by atoms with van der Waals surface area (Å²) in [5.74, 6) is -0.475. The molecule has 1 aromatic rings. The Kier molecular flexibility index (Phi) is 2.56. The standard InChI is InChI=1S/C6H3BrF3NO/c7-4-2-1-3-5(11-4)12-6(8,9)10/h1-3H. The minimum absolute atomic E-state index is 0.296. The van der Waals surface area contributed by atoms with Gasteiger partial charge in [-0.15, -0.1) is 13.2 Å². The minimum Gasteiger partial charge on any atom is -0.388 e. The largest absolute Gasteiger partial charge is 0.574 e. The lowest BCUT2D eigenvalue weighted by atomic mass is 10.5. The van der Waals surface area contributed by atoms with Crippen LogP contribution in [-0.2, 0) is 0 Å². The van der Waals surface area contributed by atoms with E-state index < -0.39 is 12.2 Å². The van der Waals surface area contributed by atoms with Crippen LogP contribution >= 0.6 is 15.9 Å². The van der Waals surface area contributed by atoms with Crippen molar-refractivity contribution in [3.05, 3.63) is 22.8 Å². The summed E-state index contributed by atoms with van der Waals surface area (Å²) in [6.45, 7) is 0. The Labute approximate surface area is 74.5 Å². The van der Waals surface area contributed by atoms with Gasteiger partial charge in [-0.1, -0.05) is 6.07 Å². The van der Waals surface area contributed by atoms with Gasteiger partial charge < -0.3 is 4.74 Å². The molecule has 0 saturated heterocycles. The van der Waals surface area contributed by atoms with Gasteiger partial charge in [-0.05, 0) is 22.0 Å². The molecule has 0 bridgehead atoms. The number of hydrogen-bond donors (Lipinski definition) is 0. The highest BCUT2D eigenvalue weighted by Gasteiger charge is 2.31. The number of rotatable bonds is 1. The molecule has 0 aliphatic carbocycles. The number of halogens is 4. The van der Waals surface area contributed by atoms with E-state index in [-0.39, 0.29) is 0 Å². The molecule has 1 heterocycles. The lowest BCUT2D eigenvalue weighted by molar-refractivity contribution is -0.276. The van der Waals surface area contributed by atoms with Crippen LogP contribution in [0.4, 0.5) is 13.2 Å². The van der Waals surface area contributed by atoms with E-state index in [0.717, 1.165) is 6.07 Å². The second kappa shape index (κ2) is 3.30. The second-order valence-corrected chi connectivity index (χ2v) is 2.66. The van der Waals surface area contributed by atoms with Crippen molar-refractivity contribution in [2.75, 3.05) is 0 Å². The first-order valence-corrected chi connectivity index (χ1v) is 3.65. The van der Waals surface area contributed by atoms with Crippen molar-refractivity contribution in [1.82, 2.24) is 4.98 Å². The van der Waals surface area contributed by atoms with Gasteiger partial charge in [0.1, 0.15) is 4.60 Å². The Morgan fingerprint density at radius 2 is 2.00 bits per heavy atom. The molecule has 0 spiro atoms. The summed E-state index contributed by atoms with van der Waals surface area (Å²) in [6.07, 6.45) is -4.69. The lowest BCUT2D eigenvalue weighted by Crippen LogP contribution is -2.17. The third-order valence-corrected chi connectivity index (χ3v) is 1.35.